The average molecular weight is 673 g/mol. The highest BCUT2D eigenvalue weighted by molar-refractivity contribution is 7.15. The molecule has 0 aliphatic heterocycles. The molecule has 1 aliphatic carbocycles. The first-order valence-corrected chi connectivity index (χ1v) is 15.1. The van der Waals surface area contributed by atoms with Gasteiger partial charge in [-0.1, -0.05) is 0 Å². The summed E-state index contributed by atoms with van der Waals surface area (Å²) in [5.41, 5.74) is -2.89. The molecule has 16 heteroatoms. The Morgan fingerprint density at radius 3 is 2.66 bits per heavy atom. The number of ether oxygens (including phenoxy) is 1. The van der Waals surface area contributed by atoms with Crippen LogP contribution in [0.1, 0.15) is 55.1 Å². The van der Waals surface area contributed by atoms with Crippen molar-refractivity contribution in [2.75, 3.05) is 12.4 Å². The quantitative estimate of drug-likeness (QED) is 0.196. The summed E-state index contributed by atoms with van der Waals surface area (Å²) in [4.78, 5) is 43.2. The maximum absolute atomic E-state index is 14.1. The van der Waals surface area contributed by atoms with Gasteiger partial charge in [0.25, 0.3) is 0 Å². The van der Waals surface area contributed by atoms with Crippen molar-refractivity contribution in [3.8, 4) is 21.8 Å². The molecule has 12 nitrogen and oxygen atoms in total. The predicted molar refractivity (Wildman–Crippen MR) is 169 cm³/mol. The second-order valence-corrected chi connectivity index (χ2v) is 12.5. The number of carbonyl (C=O) groups excluding carboxylic acids is 1. The van der Waals surface area contributed by atoms with Gasteiger partial charge in [-0.2, -0.15) is 13.2 Å². The number of carbonyl (C=O) groups is 1. The van der Waals surface area contributed by atoms with Gasteiger partial charge in [0.1, 0.15) is 22.3 Å². The van der Waals surface area contributed by atoms with Crippen molar-refractivity contribution in [1.29, 1.82) is 0 Å². The molecule has 0 bridgehead atoms. The molecular formula is C31H31F3N8O4S. The van der Waals surface area contributed by atoms with Crippen LogP contribution < -0.4 is 16.3 Å². The van der Waals surface area contributed by atoms with Crippen LogP contribution in [0.25, 0.3) is 32.9 Å². The number of halogens is 3. The van der Waals surface area contributed by atoms with E-state index in [-0.39, 0.29) is 58.8 Å². The van der Waals surface area contributed by atoms with Gasteiger partial charge >= 0.3 is 18.0 Å². The van der Waals surface area contributed by atoms with E-state index in [2.05, 4.69) is 35.3 Å². The van der Waals surface area contributed by atoms with E-state index >= 15 is 0 Å². The van der Waals surface area contributed by atoms with Gasteiger partial charge < -0.3 is 20.5 Å². The topological polar surface area (TPSA) is 149 Å². The van der Waals surface area contributed by atoms with Gasteiger partial charge in [0.05, 0.1) is 41.8 Å². The minimum Gasteiger partial charge on any atom is -0.453 e. The third kappa shape index (κ3) is 6.42. The normalized spacial score (nSPS) is 19.9. The number of thiazole rings is 1. The zero-order valence-electron chi connectivity index (χ0n) is 29.2. The molecule has 1 saturated carbocycles. The lowest BCUT2D eigenvalue weighted by Gasteiger charge is -2.15. The monoisotopic (exact) mass is 672 g/mol. The maximum atomic E-state index is 14.1. The summed E-state index contributed by atoms with van der Waals surface area (Å²) in [6.45, 7) is 0.246. The second kappa shape index (κ2) is 12.1. The van der Waals surface area contributed by atoms with Crippen LogP contribution in [0.5, 0.6) is 0 Å². The summed E-state index contributed by atoms with van der Waals surface area (Å²) in [6, 6.07) is 2.87. The summed E-state index contributed by atoms with van der Waals surface area (Å²) in [7, 11) is 1.16. The van der Waals surface area contributed by atoms with Gasteiger partial charge in [0.2, 0.25) is 0 Å². The number of rotatable bonds is 7. The number of imidazole rings is 1. The van der Waals surface area contributed by atoms with Crippen molar-refractivity contribution in [3.05, 3.63) is 70.0 Å². The van der Waals surface area contributed by atoms with E-state index in [1.165, 1.54) is 35.2 Å². The molecule has 47 heavy (non-hydrogen) atoms. The minimum atomic E-state index is -4.71. The number of aromatic nitrogens is 6. The fourth-order valence-corrected chi connectivity index (χ4v) is 6.31. The summed E-state index contributed by atoms with van der Waals surface area (Å²) < 4.78 is 81.6. The van der Waals surface area contributed by atoms with E-state index in [1.807, 2.05) is 0 Å². The Labute approximate surface area is 275 Å². The molecular weight excluding hydrogens is 637 g/mol. The summed E-state index contributed by atoms with van der Waals surface area (Å²) in [5, 5.41) is 16.2. The molecule has 0 aromatic carbocycles. The van der Waals surface area contributed by atoms with Crippen LogP contribution >= 0.6 is 11.3 Å². The molecule has 2 atom stereocenters. The van der Waals surface area contributed by atoms with Crippen LogP contribution in [0, 0.1) is 0 Å². The van der Waals surface area contributed by atoms with Crippen LogP contribution in [-0.2, 0) is 23.5 Å². The fourth-order valence-electron chi connectivity index (χ4n) is 5.43. The van der Waals surface area contributed by atoms with Crippen LogP contribution in [0.2, 0.25) is 0 Å². The molecule has 5 aromatic rings. The van der Waals surface area contributed by atoms with Crippen LogP contribution in [0.3, 0.4) is 0 Å². The van der Waals surface area contributed by atoms with Crippen molar-refractivity contribution in [2.24, 2.45) is 6.98 Å². The molecule has 1 aliphatic rings. The first kappa shape index (κ1) is 27.3. The number of alkyl carbamates (subject to hydrolysis) is 1. The first-order chi connectivity index (χ1) is 23.8. The Morgan fingerprint density at radius 1 is 1.15 bits per heavy atom. The average Bonchev–Trinajstić information content (AvgIpc) is 3.76. The van der Waals surface area contributed by atoms with Gasteiger partial charge in [0, 0.05) is 53.4 Å². The number of nitrogens with one attached hydrogen (secondary N) is 2. The van der Waals surface area contributed by atoms with Crippen LogP contribution in [0.4, 0.5) is 29.6 Å². The number of pyridine rings is 3. The number of alkyl halides is 3. The molecule has 1 fully saturated rings. The molecule has 6 rings (SSSR count). The number of aliphatic hydroxyl groups is 1. The number of hydrogen-bond donors (Lipinski definition) is 3. The molecule has 0 saturated heterocycles. The number of amides is 1. The Hall–Kier alpha value is -4.83. The van der Waals surface area contributed by atoms with Gasteiger partial charge in [-0.15, -0.1) is 11.3 Å². The zero-order valence-corrected chi connectivity index (χ0v) is 26.0. The first-order valence-electron chi connectivity index (χ1n) is 16.3. The van der Waals surface area contributed by atoms with Crippen molar-refractivity contribution >= 4 is 40.1 Å². The number of aryl methyl sites for hydroxylation is 1. The Morgan fingerprint density at radius 2 is 1.96 bits per heavy atom. The van der Waals surface area contributed by atoms with Crippen molar-refractivity contribution in [2.45, 2.75) is 56.9 Å². The lowest BCUT2D eigenvalue weighted by Crippen LogP contribution is -2.33. The van der Waals surface area contributed by atoms with E-state index in [4.69, 9.17) is 5.48 Å². The van der Waals surface area contributed by atoms with Gasteiger partial charge in [-0.25, -0.2) is 24.5 Å². The van der Waals surface area contributed by atoms with E-state index in [0.717, 1.165) is 36.9 Å². The van der Waals surface area contributed by atoms with Crippen LogP contribution in [0.15, 0.2) is 53.8 Å². The largest absolute Gasteiger partial charge is 0.453 e. The number of anilines is 2. The Balaban J connectivity index is 1.47. The SMILES string of the molecule is [2H]C([2H])([2H])n1c(=O)n([C@@H]2CC[C@@]([2H])(NC(=O)OC)C2)c2cc(Nc3cc(-c4cnccc4C(F)(F)F)cc(-c4ncc(C(C)(C)O)s4)n3)ncc21. The molecule has 0 unspecified atom stereocenters. The maximum Gasteiger partial charge on any atom is 0.417 e. The lowest BCUT2D eigenvalue weighted by atomic mass is 10.0. The highest BCUT2D eigenvalue weighted by Gasteiger charge is 2.34. The highest BCUT2D eigenvalue weighted by atomic mass is 32.1. The standard InChI is InChI=1S/C31H31F3N8O4S/c1-30(2,45)24-15-37-27(47-24)21-9-16(19-13-35-8-7-20(19)31(32,33)34)10-26(39-21)40-25-12-22-23(14-36-25)41(3)29(44)42(22)18-6-5-17(11-18)38-28(43)46-4/h7-10,12-15,17-18,45H,5-6,11H2,1-4H3,(H,38,43)(H,36,39,40)/t17-,18-/m1/s1/i3D3,17D. The fraction of sp³-hybridized carbons (Fsp3) is 0.355. The molecule has 0 spiro atoms. The van der Waals surface area contributed by atoms with E-state index in [9.17, 15) is 27.9 Å². The zero-order chi connectivity index (χ0) is 37.1. The molecule has 246 valence electrons. The second-order valence-electron chi connectivity index (χ2n) is 11.4. The van der Waals surface area contributed by atoms with E-state index in [1.54, 1.807) is 13.8 Å². The van der Waals surface area contributed by atoms with E-state index < -0.39 is 48.2 Å². The smallest absolute Gasteiger partial charge is 0.417 e. The Bertz CT molecular complexity index is 2200. The van der Waals surface area contributed by atoms with Crippen molar-refractivity contribution in [1.82, 2.24) is 34.4 Å². The number of methoxy groups -OCH3 is 1. The number of hydrogen-bond acceptors (Lipinski definition) is 10. The Kier molecular flexibility index (Phi) is 7.01. The van der Waals surface area contributed by atoms with Crippen molar-refractivity contribution in [3.63, 3.8) is 0 Å². The van der Waals surface area contributed by atoms with Gasteiger partial charge in [0.15, 0.2) is 0 Å². The predicted octanol–water partition coefficient (Wildman–Crippen LogP) is 5.75. The highest BCUT2D eigenvalue weighted by Crippen LogP contribution is 2.40. The van der Waals surface area contributed by atoms with Crippen molar-refractivity contribution < 1.29 is 33.3 Å². The summed E-state index contributed by atoms with van der Waals surface area (Å²) in [6.07, 6.45) is -0.418. The van der Waals surface area contributed by atoms with Crippen LogP contribution in [-0.4, -0.2) is 53.4 Å². The summed E-state index contributed by atoms with van der Waals surface area (Å²) in [5.74, 6) is 0.0970. The molecule has 5 aromatic heterocycles. The third-order valence-electron chi connectivity index (χ3n) is 7.70. The minimum absolute atomic E-state index is 0.0246. The number of fused-ring (bicyclic) bond motifs is 1. The lowest BCUT2D eigenvalue weighted by molar-refractivity contribution is -0.137. The molecule has 1 amide bonds. The van der Waals surface area contributed by atoms with Gasteiger partial charge in [-0.3, -0.25) is 14.1 Å². The van der Waals surface area contributed by atoms with Gasteiger partial charge in [-0.05, 0) is 56.9 Å². The number of nitrogens with zero attached hydrogens (tertiary/aromatic N) is 6. The van der Waals surface area contributed by atoms with E-state index in [0.29, 0.717) is 14.5 Å². The molecule has 5 heterocycles. The molecule has 0 radical (unpaired) electrons. The summed E-state index contributed by atoms with van der Waals surface area (Å²) >= 11 is 1.10. The third-order valence-corrected chi connectivity index (χ3v) is 9.03. The molecule has 3 N–H and O–H groups in total.